The first-order valence-corrected chi connectivity index (χ1v) is 9.25. The van der Waals surface area contributed by atoms with E-state index in [0.717, 1.165) is 5.56 Å². The number of hydrogen-bond acceptors (Lipinski definition) is 4. The van der Waals surface area contributed by atoms with E-state index in [9.17, 15) is 9.18 Å². The van der Waals surface area contributed by atoms with Crippen LogP contribution in [0.25, 0.3) is 0 Å². The fourth-order valence-electron chi connectivity index (χ4n) is 5.09. The molecule has 1 aliphatic heterocycles. The third-order valence-corrected chi connectivity index (χ3v) is 6.48. The van der Waals surface area contributed by atoms with Crippen LogP contribution in [-0.2, 0) is 13.1 Å². The van der Waals surface area contributed by atoms with Crippen LogP contribution in [0.4, 0.5) is 4.39 Å². The summed E-state index contributed by atoms with van der Waals surface area (Å²) in [5.41, 5.74) is 3.81. The van der Waals surface area contributed by atoms with E-state index >= 15 is 0 Å². The van der Waals surface area contributed by atoms with Crippen LogP contribution in [0.3, 0.4) is 0 Å². The van der Waals surface area contributed by atoms with E-state index in [0.29, 0.717) is 30.1 Å². The van der Waals surface area contributed by atoms with Crippen LogP contribution in [0.2, 0.25) is 0 Å². The van der Waals surface area contributed by atoms with Gasteiger partial charge in [-0.25, -0.2) is 19.9 Å². The van der Waals surface area contributed by atoms with E-state index in [1.807, 2.05) is 7.05 Å². The first-order chi connectivity index (χ1) is 12.0. The van der Waals surface area contributed by atoms with Crippen LogP contribution >= 0.6 is 0 Å². The average Bonchev–Trinajstić information content (AvgIpc) is 2.59. The minimum atomic E-state index is -0.669. The predicted octanol–water partition coefficient (Wildman–Crippen LogP) is 3.22. The monoisotopic (exact) mass is 347 g/mol. The van der Waals surface area contributed by atoms with Crippen LogP contribution in [-0.4, -0.2) is 34.2 Å². The molecule has 0 aromatic heterocycles. The summed E-state index contributed by atoms with van der Waals surface area (Å²) in [6, 6.07) is 3.42. The molecule has 2 aliphatic carbocycles. The minimum absolute atomic E-state index is 0.167. The van der Waals surface area contributed by atoms with Crippen molar-refractivity contribution in [1.29, 1.82) is 0 Å². The van der Waals surface area contributed by atoms with E-state index in [4.69, 9.17) is 5.21 Å². The quantitative estimate of drug-likeness (QED) is 0.637. The Morgan fingerprint density at radius 1 is 1.24 bits per heavy atom. The number of hydrazine groups is 1. The van der Waals surface area contributed by atoms with Crippen molar-refractivity contribution in [3.05, 3.63) is 34.6 Å². The summed E-state index contributed by atoms with van der Waals surface area (Å²) < 4.78 is 14.4. The van der Waals surface area contributed by atoms with E-state index in [1.54, 1.807) is 11.5 Å². The standard InChI is InChI=1S/C19H26FN3O2/c1-22-12-16-14(7-13(8-17(16)20)18(24)21-25)11-23(22)15-9-19(10-15)5-3-2-4-6-19/h7-8,15,25H,2-6,9-12H2,1H3,(H,21,24). The summed E-state index contributed by atoms with van der Waals surface area (Å²) >= 11 is 0. The summed E-state index contributed by atoms with van der Waals surface area (Å²) in [5, 5.41) is 13.3. The lowest BCUT2D eigenvalue weighted by atomic mass is 9.58. The van der Waals surface area contributed by atoms with Gasteiger partial charge in [-0.1, -0.05) is 19.3 Å². The van der Waals surface area contributed by atoms with Crippen molar-refractivity contribution >= 4 is 5.91 Å². The molecule has 0 bridgehead atoms. The van der Waals surface area contributed by atoms with Crippen LogP contribution in [0.5, 0.6) is 0 Å². The molecule has 1 heterocycles. The van der Waals surface area contributed by atoms with Crippen molar-refractivity contribution in [1.82, 2.24) is 15.5 Å². The van der Waals surface area contributed by atoms with Crippen molar-refractivity contribution in [3.63, 3.8) is 0 Å². The number of halogens is 1. The lowest BCUT2D eigenvalue weighted by Crippen LogP contribution is -2.57. The highest BCUT2D eigenvalue weighted by Crippen LogP contribution is 2.54. The molecule has 1 spiro atoms. The van der Waals surface area contributed by atoms with Crippen molar-refractivity contribution in [2.75, 3.05) is 7.05 Å². The Morgan fingerprint density at radius 2 is 1.96 bits per heavy atom. The number of rotatable bonds is 2. The summed E-state index contributed by atoms with van der Waals surface area (Å²) in [4.78, 5) is 11.6. The van der Waals surface area contributed by atoms with Crippen LogP contribution < -0.4 is 5.48 Å². The third kappa shape index (κ3) is 2.96. The molecule has 0 radical (unpaired) electrons. The van der Waals surface area contributed by atoms with E-state index in [-0.39, 0.29) is 11.4 Å². The zero-order valence-electron chi connectivity index (χ0n) is 14.7. The molecule has 136 valence electrons. The highest BCUT2D eigenvalue weighted by molar-refractivity contribution is 5.93. The number of amides is 1. The number of carbonyl (C=O) groups excluding carboxylic acids is 1. The van der Waals surface area contributed by atoms with Gasteiger partial charge in [0.05, 0.1) is 0 Å². The van der Waals surface area contributed by atoms with Gasteiger partial charge in [0.1, 0.15) is 5.82 Å². The number of benzene rings is 1. The largest absolute Gasteiger partial charge is 0.288 e. The molecule has 1 aromatic rings. The summed E-state index contributed by atoms with van der Waals surface area (Å²) in [6.07, 6.45) is 9.25. The average molecular weight is 347 g/mol. The van der Waals surface area contributed by atoms with Gasteiger partial charge < -0.3 is 0 Å². The molecule has 25 heavy (non-hydrogen) atoms. The smallest absolute Gasteiger partial charge is 0.274 e. The highest BCUT2D eigenvalue weighted by atomic mass is 19.1. The predicted molar refractivity (Wildman–Crippen MR) is 91.2 cm³/mol. The second-order valence-corrected chi connectivity index (χ2v) is 8.07. The molecule has 3 aliphatic rings. The van der Waals surface area contributed by atoms with Crippen molar-refractivity contribution in [2.24, 2.45) is 5.41 Å². The molecule has 0 unspecified atom stereocenters. The molecule has 5 nitrogen and oxygen atoms in total. The molecule has 2 N–H and O–H groups in total. The molecular formula is C19H26FN3O2. The maximum absolute atomic E-state index is 14.4. The maximum Gasteiger partial charge on any atom is 0.274 e. The van der Waals surface area contributed by atoms with E-state index < -0.39 is 5.91 Å². The minimum Gasteiger partial charge on any atom is -0.288 e. The van der Waals surface area contributed by atoms with Gasteiger partial charge in [0, 0.05) is 37.3 Å². The molecule has 2 saturated carbocycles. The highest BCUT2D eigenvalue weighted by Gasteiger charge is 2.48. The van der Waals surface area contributed by atoms with Crippen molar-refractivity contribution < 1.29 is 14.4 Å². The van der Waals surface area contributed by atoms with Gasteiger partial charge in [-0.15, -0.1) is 0 Å². The first-order valence-electron chi connectivity index (χ1n) is 9.25. The SMILES string of the molecule is CN1Cc2c(F)cc(C(=O)NO)cc2CN1C1CC2(CCCCC2)C1. The molecular weight excluding hydrogens is 321 g/mol. The Kier molecular flexibility index (Phi) is 4.30. The number of nitrogens with one attached hydrogen (secondary N) is 1. The fraction of sp³-hybridized carbons (Fsp3) is 0.632. The summed E-state index contributed by atoms with van der Waals surface area (Å²) in [6.45, 7) is 1.14. The summed E-state index contributed by atoms with van der Waals surface area (Å²) in [5.74, 6) is -1.04. The van der Waals surface area contributed by atoms with Crippen LogP contribution in [0.1, 0.15) is 66.4 Å². The Hall–Kier alpha value is -1.50. The van der Waals surface area contributed by atoms with Gasteiger partial charge >= 0.3 is 0 Å². The topological polar surface area (TPSA) is 55.8 Å². The molecule has 0 saturated heterocycles. The fourth-order valence-corrected chi connectivity index (χ4v) is 5.09. The number of fused-ring (bicyclic) bond motifs is 1. The molecule has 1 aromatic carbocycles. The molecule has 2 fully saturated rings. The van der Waals surface area contributed by atoms with Gasteiger partial charge in [-0.2, -0.15) is 0 Å². The van der Waals surface area contributed by atoms with E-state index in [2.05, 4.69) is 10.0 Å². The van der Waals surface area contributed by atoms with Crippen molar-refractivity contribution in [2.45, 2.75) is 64.1 Å². The Morgan fingerprint density at radius 3 is 2.64 bits per heavy atom. The van der Waals surface area contributed by atoms with Gasteiger partial charge in [0.15, 0.2) is 0 Å². The number of nitrogens with zero attached hydrogens (tertiary/aromatic N) is 2. The lowest BCUT2D eigenvalue weighted by molar-refractivity contribution is -0.137. The van der Waals surface area contributed by atoms with Gasteiger partial charge in [-0.05, 0) is 48.8 Å². The van der Waals surface area contributed by atoms with E-state index in [1.165, 1.54) is 51.0 Å². The Balaban J connectivity index is 1.52. The van der Waals surface area contributed by atoms with Gasteiger partial charge in [-0.3, -0.25) is 10.0 Å². The molecule has 6 heteroatoms. The Bertz CT molecular complexity index is 679. The second kappa shape index (κ2) is 6.34. The molecule has 4 rings (SSSR count). The molecule has 1 amide bonds. The number of carbonyl (C=O) groups is 1. The third-order valence-electron chi connectivity index (χ3n) is 6.48. The molecule has 0 atom stereocenters. The normalized spacial score (nSPS) is 24.0. The van der Waals surface area contributed by atoms with Crippen molar-refractivity contribution in [3.8, 4) is 0 Å². The Labute approximate surface area is 147 Å². The van der Waals surface area contributed by atoms with Crippen LogP contribution in [0.15, 0.2) is 12.1 Å². The first kappa shape index (κ1) is 16.9. The zero-order chi connectivity index (χ0) is 17.6. The lowest BCUT2D eigenvalue weighted by Gasteiger charge is -2.56. The van der Waals surface area contributed by atoms with Gasteiger partial charge in [0.25, 0.3) is 5.91 Å². The van der Waals surface area contributed by atoms with Gasteiger partial charge in [0.2, 0.25) is 0 Å². The summed E-state index contributed by atoms with van der Waals surface area (Å²) in [7, 11) is 2.02. The zero-order valence-corrected chi connectivity index (χ0v) is 14.7. The number of hydroxylamine groups is 1. The maximum atomic E-state index is 14.4. The van der Waals surface area contributed by atoms with Crippen LogP contribution in [0, 0.1) is 11.2 Å². The number of hydrogen-bond donors (Lipinski definition) is 2. The second-order valence-electron chi connectivity index (χ2n) is 8.07.